The lowest BCUT2D eigenvalue weighted by atomic mass is 9.46. The van der Waals surface area contributed by atoms with E-state index in [1.54, 1.807) is 0 Å². The highest BCUT2D eigenvalue weighted by Crippen LogP contribution is 2.57. The number of rotatable bonds is 1. The van der Waals surface area contributed by atoms with E-state index in [4.69, 9.17) is 10.5 Å². The molecule has 3 atom stereocenters. The molecule has 0 amide bonds. The Hall–Kier alpha value is -0.610. The fourth-order valence-corrected chi connectivity index (χ4v) is 3.01. The van der Waals surface area contributed by atoms with Gasteiger partial charge in [0.15, 0.2) is 0 Å². The van der Waals surface area contributed by atoms with Crippen molar-refractivity contribution < 1.29 is 14.6 Å². The van der Waals surface area contributed by atoms with Gasteiger partial charge in [-0.2, -0.15) is 0 Å². The van der Waals surface area contributed by atoms with Gasteiger partial charge in [-0.25, -0.2) is 0 Å². The van der Waals surface area contributed by atoms with Gasteiger partial charge in [-0.05, 0) is 12.8 Å². The summed E-state index contributed by atoms with van der Waals surface area (Å²) in [7, 11) is 0. The van der Waals surface area contributed by atoms with Crippen LogP contribution < -0.4 is 5.73 Å². The van der Waals surface area contributed by atoms with E-state index >= 15 is 0 Å². The van der Waals surface area contributed by atoms with Crippen molar-refractivity contribution in [3.05, 3.63) is 0 Å². The molecule has 0 aromatic heterocycles. The summed E-state index contributed by atoms with van der Waals surface area (Å²) in [6.45, 7) is 4.50. The van der Waals surface area contributed by atoms with E-state index in [2.05, 4.69) is 0 Å². The van der Waals surface area contributed by atoms with E-state index in [-0.39, 0.29) is 12.0 Å². The zero-order chi connectivity index (χ0) is 10.6. The number of ether oxygens (including phenoxy) is 1. The number of hydrogen-bond donors (Lipinski definition) is 2. The second-order valence-corrected chi connectivity index (χ2v) is 4.94. The quantitative estimate of drug-likeness (QED) is 0.648. The van der Waals surface area contributed by atoms with Crippen molar-refractivity contribution in [3.8, 4) is 0 Å². The zero-order valence-corrected chi connectivity index (χ0v) is 8.62. The Morgan fingerprint density at radius 3 is 2.79 bits per heavy atom. The van der Waals surface area contributed by atoms with Crippen molar-refractivity contribution in [3.63, 3.8) is 0 Å². The molecule has 2 aliphatic rings. The van der Waals surface area contributed by atoms with Gasteiger partial charge in [0.05, 0.1) is 6.10 Å². The van der Waals surface area contributed by atoms with Crippen LogP contribution in [-0.2, 0) is 9.53 Å². The number of carboxylic acid groups (broad SMARTS) is 1. The molecule has 2 fully saturated rings. The van der Waals surface area contributed by atoms with Crippen LogP contribution in [0.1, 0.15) is 26.7 Å². The minimum atomic E-state index is -1.10. The molecule has 0 radical (unpaired) electrons. The number of aliphatic carboxylic acids is 1. The molecule has 1 saturated carbocycles. The fraction of sp³-hybridized carbons (Fsp3) is 0.900. The second-order valence-electron chi connectivity index (χ2n) is 4.94. The number of nitrogens with two attached hydrogens (primary N) is 1. The van der Waals surface area contributed by atoms with Gasteiger partial charge in [0, 0.05) is 17.9 Å². The number of hydrogen-bond acceptors (Lipinski definition) is 3. The lowest BCUT2D eigenvalue weighted by Crippen LogP contribution is -2.80. The van der Waals surface area contributed by atoms with Crippen LogP contribution in [0, 0.1) is 11.3 Å². The molecule has 80 valence electrons. The van der Waals surface area contributed by atoms with E-state index in [1.165, 1.54) is 0 Å². The smallest absolute Gasteiger partial charge is 0.324 e. The lowest BCUT2D eigenvalue weighted by molar-refractivity contribution is -0.233. The molecule has 4 nitrogen and oxygen atoms in total. The third kappa shape index (κ3) is 0.880. The van der Waals surface area contributed by atoms with Gasteiger partial charge in [-0.3, -0.25) is 4.79 Å². The third-order valence-corrected chi connectivity index (χ3v) is 4.04. The molecule has 4 heteroatoms. The summed E-state index contributed by atoms with van der Waals surface area (Å²) in [4.78, 5) is 11.2. The van der Waals surface area contributed by atoms with Gasteiger partial charge in [-0.1, -0.05) is 13.8 Å². The summed E-state index contributed by atoms with van der Waals surface area (Å²) >= 11 is 0. The molecule has 14 heavy (non-hydrogen) atoms. The van der Waals surface area contributed by atoms with Gasteiger partial charge < -0.3 is 15.6 Å². The molecule has 1 aliphatic carbocycles. The summed E-state index contributed by atoms with van der Waals surface area (Å²) in [5, 5.41) is 9.19. The van der Waals surface area contributed by atoms with Crippen molar-refractivity contribution in [1.29, 1.82) is 0 Å². The fourth-order valence-electron chi connectivity index (χ4n) is 3.01. The van der Waals surface area contributed by atoms with Crippen LogP contribution in [0.15, 0.2) is 0 Å². The molecule has 1 aliphatic heterocycles. The van der Waals surface area contributed by atoms with Crippen molar-refractivity contribution >= 4 is 5.97 Å². The summed E-state index contributed by atoms with van der Waals surface area (Å²) in [5.74, 6) is -0.905. The van der Waals surface area contributed by atoms with Crippen molar-refractivity contribution in [2.45, 2.75) is 38.3 Å². The first kappa shape index (κ1) is 9.93. The largest absolute Gasteiger partial charge is 0.480 e. The average molecular weight is 199 g/mol. The van der Waals surface area contributed by atoms with Crippen LogP contribution in [0.5, 0.6) is 0 Å². The number of carbonyl (C=O) groups is 1. The molecule has 0 aromatic rings. The molecule has 1 heterocycles. The van der Waals surface area contributed by atoms with Gasteiger partial charge in [0.25, 0.3) is 0 Å². The maximum atomic E-state index is 11.2. The first-order valence-electron chi connectivity index (χ1n) is 5.06. The Morgan fingerprint density at radius 1 is 1.57 bits per heavy atom. The summed E-state index contributed by atoms with van der Waals surface area (Å²) in [6.07, 6.45) is 1.82. The Balaban J connectivity index is 2.30. The Morgan fingerprint density at radius 2 is 2.21 bits per heavy atom. The highest BCUT2D eigenvalue weighted by atomic mass is 16.5. The van der Waals surface area contributed by atoms with Crippen LogP contribution in [-0.4, -0.2) is 29.3 Å². The minimum absolute atomic E-state index is 0.0104. The van der Waals surface area contributed by atoms with Crippen LogP contribution >= 0.6 is 0 Å². The molecule has 0 bridgehead atoms. The monoisotopic (exact) mass is 199 g/mol. The average Bonchev–Trinajstić information content (AvgIpc) is 2.16. The van der Waals surface area contributed by atoms with Crippen LogP contribution in [0.3, 0.4) is 0 Å². The Kier molecular flexibility index (Phi) is 1.92. The van der Waals surface area contributed by atoms with Gasteiger partial charge in [0.2, 0.25) is 0 Å². The van der Waals surface area contributed by atoms with Crippen LogP contribution in [0.4, 0.5) is 0 Å². The van der Waals surface area contributed by atoms with E-state index in [0.29, 0.717) is 0 Å². The second kappa shape index (κ2) is 2.70. The summed E-state index contributed by atoms with van der Waals surface area (Å²) in [5.41, 5.74) is 4.44. The topological polar surface area (TPSA) is 72.5 Å². The highest BCUT2D eigenvalue weighted by molar-refractivity contribution is 5.82. The predicted octanol–water partition coefficient (Wildman–Crippen LogP) is 0.603. The maximum Gasteiger partial charge on any atom is 0.324 e. The van der Waals surface area contributed by atoms with Gasteiger partial charge >= 0.3 is 5.97 Å². The SMILES string of the molecule is CC1(C)[C@@H]2OCCC[C@H]2[C@]1(N)C(=O)O. The molecule has 0 aromatic carbocycles. The molecular formula is C10H17NO3. The van der Waals surface area contributed by atoms with Crippen LogP contribution in [0.25, 0.3) is 0 Å². The van der Waals surface area contributed by atoms with E-state index in [1.807, 2.05) is 13.8 Å². The number of carboxylic acids is 1. The first-order chi connectivity index (χ1) is 6.42. The molecule has 1 saturated heterocycles. The first-order valence-corrected chi connectivity index (χ1v) is 5.06. The van der Waals surface area contributed by atoms with Crippen molar-refractivity contribution in [2.75, 3.05) is 6.61 Å². The lowest BCUT2D eigenvalue weighted by Gasteiger charge is -2.63. The Labute approximate surface area is 83.4 Å². The summed E-state index contributed by atoms with van der Waals surface area (Å²) < 4.78 is 5.59. The molecule has 0 spiro atoms. The molecule has 2 rings (SSSR count). The van der Waals surface area contributed by atoms with E-state index in [0.717, 1.165) is 19.4 Å². The minimum Gasteiger partial charge on any atom is -0.480 e. The van der Waals surface area contributed by atoms with Gasteiger partial charge in [-0.15, -0.1) is 0 Å². The van der Waals surface area contributed by atoms with Crippen LogP contribution in [0.2, 0.25) is 0 Å². The predicted molar refractivity (Wildman–Crippen MR) is 50.8 cm³/mol. The molecular weight excluding hydrogens is 182 g/mol. The van der Waals surface area contributed by atoms with Crippen molar-refractivity contribution in [1.82, 2.24) is 0 Å². The molecule has 3 N–H and O–H groups in total. The Bertz CT molecular complexity index is 277. The standard InChI is InChI=1S/C10H17NO3/c1-9(2)7-6(4-3-5-14-7)10(9,11)8(12)13/h6-7H,3-5,11H2,1-2H3,(H,12,13)/t6-,7-,10+/m1/s1. The third-order valence-electron chi connectivity index (χ3n) is 4.04. The normalized spacial score (nSPS) is 45.1. The zero-order valence-electron chi connectivity index (χ0n) is 8.62. The number of fused-ring (bicyclic) bond motifs is 1. The van der Waals surface area contributed by atoms with Crippen molar-refractivity contribution in [2.24, 2.45) is 17.1 Å². The summed E-state index contributed by atoms with van der Waals surface area (Å²) in [6, 6.07) is 0. The molecule has 0 unspecified atom stereocenters. The van der Waals surface area contributed by atoms with Gasteiger partial charge in [0.1, 0.15) is 5.54 Å². The maximum absolute atomic E-state index is 11.2. The van der Waals surface area contributed by atoms with E-state index in [9.17, 15) is 9.90 Å². The van der Waals surface area contributed by atoms with E-state index < -0.39 is 16.9 Å². The highest BCUT2D eigenvalue weighted by Gasteiger charge is 2.70.